The van der Waals surface area contributed by atoms with Crippen LogP contribution in [-0.2, 0) is 4.84 Å². The Hall–Kier alpha value is -1.07. The standard InChI is InChI=1S/C9H10BrNO3/c1-2-14-11-9(13)7-4-3-6(10)5-8(7)12/h3-5,12H,2H2,1H3,(H,11,13). The molecule has 0 aromatic heterocycles. The third-order valence-corrected chi connectivity index (χ3v) is 2.01. The fourth-order valence-electron chi connectivity index (χ4n) is 0.889. The van der Waals surface area contributed by atoms with Crippen LogP contribution in [0.25, 0.3) is 0 Å². The summed E-state index contributed by atoms with van der Waals surface area (Å²) in [5.41, 5.74) is 2.38. The lowest BCUT2D eigenvalue weighted by molar-refractivity contribution is 0.0362. The molecule has 0 aliphatic heterocycles. The van der Waals surface area contributed by atoms with E-state index in [9.17, 15) is 9.90 Å². The lowest BCUT2D eigenvalue weighted by Crippen LogP contribution is -2.23. The van der Waals surface area contributed by atoms with Crippen molar-refractivity contribution in [1.82, 2.24) is 5.48 Å². The third-order valence-electron chi connectivity index (χ3n) is 1.51. The van der Waals surface area contributed by atoms with Gasteiger partial charge in [-0.1, -0.05) is 15.9 Å². The molecule has 0 spiro atoms. The third kappa shape index (κ3) is 2.71. The molecule has 0 aliphatic rings. The number of rotatable bonds is 3. The van der Waals surface area contributed by atoms with Crippen LogP contribution in [0, 0.1) is 0 Å². The Bertz CT molecular complexity index is 341. The van der Waals surface area contributed by atoms with Crippen molar-refractivity contribution in [3.8, 4) is 5.75 Å². The van der Waals surface area contributed by atoms with Crippen LogP contribution in [0.3, 0.4) is 0 Å². The van der Waals surface area contributed by atoms with Gasteiger partial charge in [-0.05, 0) is 25.1 Å². The number of benzene rings is 1. The minimum Gasteiger partial charge on any atom is -0.507 e. The van der Waals surface area contributed by atoms with Gasteiger partial charge < -0.3 is 5.11 Å². The molecule has 1 aromatic rings. The number of halogens is 1. The summed E-state index contributed by atoms with van der Waals surface area (Å²) in [5, 5.41) is 9.41. The minimum absolute atomic E-state index is 0.0865. The van der Waals surface area contributed by atoms with Crippen molar-refractivity contribution in [2.75, 3.05) is 6.61 Å². The SMILES string of the molecule is CCONC(=O)c1ccc(Br)cc1O. The molecule has 0 unspecified atom stereocenters. The Morgan fingerprint density at radius 3 is 2.93 bits per heavy atom. The van der Waals surface area contributed by atoms with Gasteiger partial charge in [-0.15, -0.1) is 0 Å². The fourth-order valence-corrected chi connectivity index (χ4v) is 1.24. The van der Waals surface area contributed by atoms with Crippen LogP contribution >= 0.6 is 15.9 Å². The normalized spacial score (nSPS) is 9.86. The van der Waals surface area contributed by atoms with Crippen molar-refractivity contribution >= 4 is 21.8 Å². The molecule has 1 rings (SSSR count). The molecule has 0 radical (unpaired) electrons. The molecule has 0 saturated heterocycles. The predicted molar refractivity (Wildman–Crippen MR) is 54.9 cm³/mol. The summed E-state index contributed by atoms with van der Waals surface area (Å²) in [5.74, 6) is -0.548. The van der Waals surface area contributed by atoms with E-state index in [1.807, 2.05) is 0 Å². The molecule has 76 valence electrons. The van der Waals surface area contributed by atoms with Gasteiger partial charge in [0.1, 0.15) is 5.75 Å². The topological polar surface area (TPSA) is 58.6 Å². The van der Waals surface area contributed by atoms with Gasteiger partial charge in [0.05, 0.1) is 12.2 Å². The number of aromatic hydroxyl groups is 1. The fraction of sp³-hybridized carbons (Fsp3) is 0.222. The second kappa shape index (κ2) is 4.97. The molecule has 2 N–H and O–H groups in total. The van der Waals surface area contributed by atoms with E-state index in [2.05, 4.69) is 21.4 Å². The van der Waals surface area contributed by atoms with E-state index in [1.165, 1.54) is 12.1 Å². The average Bonchev–Trinajstić information content (AvgIpc) is 2.14. The van der Waals surface area contributed by atoms with E-state index in [0.717, 1.165) is 0 Å². The number of hydroxylamine groups is 1. The van der Waals surface area contributed by atoms with Gasteiger partial charge in [-0.3, -0.25) is 9.63 Å². The van der Waals surface area contributed by atoms with E-state index < -0.39 is 5.91 Å². The van der Waals surface area contributed by atoms with Crippen LogP contribution in [-0.4, -0.2) is 17.6 Å². The van der Waals surface area contributed by atoms with Crippen molar-refractivity contribution in [3.05, 3.63) is 28.2 Å². The van der Waals surface area contributed by atoms with Gasteiger partial charge in [-0.25, -0.2) is 5.48 Å². The first-order valence-corrected chi connectivity index (χ1v) is 4.85. The van der Waals surface area contributed by atoms with Crippen LogP contribution in [0.4, 0.5) is 0 Å². The summed E-state index contributed by atoms with van der Waals surface area (Å²) in [4.78, 5) is 16.0. The highest BCUT2D eigenvalue weighted by Gasteiger charge is 2.10. The number of carbonyl (C=O) groups is 1. The number of hydrogen-bond donors (Lipinski definition) is 2. The zero-order chi connectivity index (χ0) is 10.6. The molecular formula is C9H10BrNO3. The first-order valence-electron chi connectivity index (χ1n) is 4.05. The van der Waals surface area contributed by atoms with Crippen molar-refractivity contribution in [2.45, 2.75) is 6.92 Å². The smallest absolute Gasteiger partial charge is 0.278 e. The van der Waals surface area contributed by atoms with Crippen LogP contribution in [0.1, 0.15) is 17.3 Å². The van der Waals surface area contributed by atoms with Gasteiger partial charge >= 0.3 is 0 Å². The molecule has 14 heavy (non-hydrogen) atoms. The Kier molecular flexibility index (Phi) is 3.91. The second-order valence-corrected chi connectivity index (χ2v) is 3.44. The summed E-state index contributed by atoms with van der Waals surface area (Å²) in [6.07, 6.45) is 0. The van der Waals surface area contributed by atoms with Crippen molar-refractivity contribution in [1.29, 1.82) is 0 Å². The van der Waals surface area contributed by atoms with Crippen LogP contribution < -0.4 is 5.48 Å². The molecule has 5 heteroatoms. The maximum Gasteiger partial charge on any atom is 0.278 e. The zero-order valence-corrected chi connectivity index (χ0v) is 9.17. The van der Waals surface area contributed by atoms with E-state index in [-0.39, 0.29) is 11.3 Å². The molecule has 0 bridgehead atoms. The predicted octanol–water partition coefficient (Wildman–Crippen LogP) is 1.84. The number of phenols is 1. The first kappa shape index (κ1) is 11.0. The van der Waals surface area contributed by atoms with Gasteiger partial charge in [0, 0.05) is 4.47 Å². The van der Waals surface area contributed by atoms with Gasteiger partial charge in [0.15, 0.2) is 0 Å². The van der Waals surface area contributed by atoms with Crippen molar-refractivity contribution < 1.29 is 14.7 Å². The monoisotopic (exact) mass is 259 g/mol. The number of nitrogens with one attached hydrogen (secondary N) is 1. The number of hydrogen-bond acceptors (Lipinski definition) is 3. The molecule has 0 saturated carbocycles. The maximum atomic E-state index is 11.3. The average molecular weight is 260 g/mol. The summed E-state index contributed by atoms with van der Waals surface area (Å²) in [7, 11) is 0. The van der Waals surface area contributed by atoms with Gasteiger partial charge in [-0.2, -0.15) is 0 Å². The van der Waals surface area contributed by atoms with Crippen molar-refractivity contribution in [3.63, 3.8) is 0 Å². The quantitative estimate of drug-likeness (QED) is 0.815. The minimum atomic E-state index is -0.461. The molecule has 1 aromatic carbocycles. The lowest BCUT2D eigenvalue weighted by atomic mass is 10.2. The largest absolute Gasteiger partial charge is 0.507 e. The van der Waals surface area contributed by atoms with Crippen LogP contribution in [0.2, 0.25) is 0 Å². The first-order chi connectivity index (χ1) is 6.65. The Morgan fingerprint density at radius 1 is 1.64 bits per heavy atom. The van der Waals surface area contributed by atoms with Crippen LogP contribution in [0.15, 0.2) is 22.7 Å². The number of phenolic OH excluding ortho intramolecular Hbond substituents is 1. The van der Waals surface area contributed by atoms with Crippen LogP contribution in [0.5, 0.6) is 5.75 Å². The number of carbonyl (C=O) groups excluding carboxylic acids is 1. The Labute approximate surface area is 90.0 Å². The molecule has 4 nitrogen and oxygen atoms in total. The number of amides is 1. The maximum absolute atomic E-state index is 11.3. The molecule has 0 heterocycles. The summed E-state index contributed by atoms with van der Waals surface area (Å²) < 4.78 is 0.711. The Morgan fingerprint density at radius 2 is 2.36 bits per heavy atom. The second-order valence-electron chi connectivity index (χ2n) is 2.53. The summed E-state index contributed by atoms with van der Waals surface area (Å²) >= 11 is 3.18. The molecule has 0 atom stereocenters. The zero-order valence-electron chi connectivity index (χ0n) is 7.58. The highest BCUT2D eigenvalue weighted by Crippen LogP contribution is 2.21. The highest BCUT2D eigenvalue weighted by atomic mass is 79.9. The van der Waals surface area contributed by atoms with E-state index in [4.69, 9.17) is 4.84 Å². The summed E-state index contributed by atoms with van der Waals surface area (Å²) in [6, 6.07) is 4.62. The molecular weight excluding hydrogens is 250 g/mol. The van der Waals surface area contributed by atoms with Crippen molar-refractivity contribution in [2.24, 2.45) is 0 Å². The van der Waals surface area contributed by atoms with Gasteiger partial charge in [0.25, 0.3) is 5.91 Å². The summed E-state index contributed by atoms with van der Waals surface area (Å²) in [6.45, 7) is 2.13. The van der Waals surface area contributed by atoms with E-state index >= 15 is 0 Å². The molecule has 0 aliphatic carbocycles. The lowest BCUT2D eigenvalue weighted by Gasteiger charge is -2.05. The highest BCUT2D eigenvalue weighted by molar-refractivity contribution is 9.10. The van der Waals surface area contributed by atoms with E-state index in [1.54, 1.807) is 13.0 Å². The van der Waals surface area contributed by atoms with E-state index in [0.29, 0.717) is 11.1 Å². The molecule has 0 fully saturated rings. The Balaban J connectivity index is 2.80. The molecule has 1 amide bonds. The van der Waals surface area contributed by atoms with Gasteiger partial charge in [0.2, 0.25) is 0 Å².